The van der Waals surface area contributed by atoms with Gasteiger partial charge in [-0.15, -0.1) is 10.2 Å². The number of nitrogens with zero attached hydrogens (tertiary/aromatic N) is 4. The lowest BCUT2D eigenvalue weighted by Crippen LogP contribution is -2.43. The number of halogens is 3. The second-order valence-electron chi connectivity index (χ2n) is 7.38. The molecule has 1 aromatic heterocycles. The first-order valence-corrected chi connectivity index (χ1v) is 9.89. The Labute approximate surface area is 168 Å². The van der Waals surface area contributed by atoms with Crippen LogP contribution in [-0.2, 0) is 26.2 Å². The highest BCUT2D eigenvalue weighted by atomic mass is 19.4. The largest absolute Gasteiger partial charge is 0.416 e. The number of aliphatic imine (C=N–C) groups is 1. The molecule has 0 radical (unpaired) electrons. The summed E-state index contributed by atoms with van der Waals surface area (Å²) < 4.78 is 39.9. The molecule has 3 rings (SSSR count). The number of nitrogens with one attached hydrogen (secondary N) is 2. The Morgan fingerprint density at radius 1 is 1.17 bits per heavy atom. The molecule has 29 heavy (non-hydrogen) atoms. The number of alkyl halides is 3. The topological polar surface area (TPSA) is 67.1 Å². The van der Waals surface area contributed by atoms with E-state index in [2.05, 4.69) is 25.8 Å². The van der Waals surface area contributed by atoms with E-state index in [4.69, 9.17) is 0 Å². The van der Waals surface area contributed by atoms with Crippen LogP contribution in [0, 0.1) is 6.92 Å². The fourth-order valence-corrected chi connectivity index (χ4v) is 3.34. The van der Waals surface area contributed by atoms with E-state index in [0.717, 1.165) is 42.2 Å². The molecule has 1 aromatic carbocycles. The van der Waals surface area contributed by atoms with E-state index in [-0.39, 0.29) is 0 Å². The molecule has 0 saturated heterocycles. The smallest absolute Gasteiger partial charge is 0.356 e. The van der Waals surface area contributed by atoms with Crippen molar-refractivity contribution in [2.75, 3.05) is 6.54 Å². The number of aromatic nitrogens is 3. The van der Waals surface area contributed by atoms with E-state index in [1.54, 1.807) is 0 Å². The first-order valence-electron chi connectivity index (χ1n) is 9.89. The van der Waals surface area contributed by atoms with E-state index >= 15 is 0 Å². The van der Waals surface area contributed by atoms with Crippen LogP contribution < -0.4 is 10.6 Å². The molecule has 0 unspecified atom stereocenters. The molecule has 0 atom stereocenters. The summed E-state index contributed by atoms with van der Waals surface area (Å²) in [6.07, 6.45) is 0.940. The molecular formula is C20H27F3N6. The second-order valence-corrected chi connectivity index (χ2v) is 7.38. The van der Waals surface area contributed by atoms with Gasteiger partial charge in [0.05, 0.1) is 5.56 Å². The summed E-state index contributed by atoms with van der Waals surface area (Å²) in [5.41, 5.74) is 0.216. The fraction of sp³-hybridized carbons (Fsp3) is 0.550. The van der Waals surface area contributed by atoms with Crippen LogP contribution in [0.5, 0.6) is 0 Å². The van der Waals surface area contributed by atoms with Gasteiger partial charge in [-0.05, 0) is 43.9 Å². The van der Waals surface area contributed by atoms with Gasteiger partial charge in [0.15, 0.2) is 11.8 Å². The van der Waals surface area contributed by atoms with Crippen molar-refractivity contribution in [2.24, 2.45) is 12.0 Å². The molecule has 1 heterocycles. The minimum absolute atomic E-state index is 0.397. The highest BCUT2D eigenvalue weighted by Crippen LogP contribution is 2.29. The Hall–Kier alpha value is -2.58. The van der Waals surface area contributed by atoms with E-state index in [9.17, 15) is 13.2 Å². The molecule has 1 aliphatic carbocycles. The first kappa shape index (κ1) is 21.1. The molecule has 6 nitrogen and oxygen atoms in total. The summed E-state index contributed by atoms with van der Waals surface area (Å²) in [5.74, 6) is 2.30. The number of rotatable bonds is 6. The summed E-state index contributed by atoms with van der Waals surface area (Å²) in [7, 11) is 1.91. The van der Waals surface area contributed by atoms with E-state index in [1.165, 1.54) is 25.0 Å². The second kappa shape index (κ2) is 9.28. The van der Waals surface area contributed by atoms with Gasteiger partial charge in [-0.2, -0.15) is 13.2 Å². The molecule has 1 saturated carbocycles. The lowest BCUT2D eigenvalue weighted by atomic mass is 10.1. The van der Waals surface area contributed by atoms with Crippen molar-refractivity contribution >= 4 is 5.96 Å². The van der Waals surface area contributed by atoms with Gasteiger partial charge in [-0.1, -0.05) is 25.0 Å². The third-order valence-corrected chi connectivity index (χ3v) is 5.24. The number of aryl methyl sites for hydroxylation is 1. The maximum atomic E-state index is 12.7. The van der Waals surface area contributed by atoms with Crippen molar-refractivity contribution < 1.29 is 13.2 Å². The number of guanidine groups is 1. The van der Waals surface area contributed by atoms with Crippen molar-refractivity contribution in [3.8, 4) is 0 Å². The van der Waals surface area contributed by atoms with Crippen LogP contribution in [0.2, 0.25) is 0 Å². The van der Waals surface area contributed by atoms with E-state index < -0.39 is 11.7 Å². The van der Waals surface area contributed by atoms with Crippen LogP contribution >= 0.6 is 0 Å². The standard InChI is InChI=1S/C20H27F3N6/c1-14-27-28-18(29(14)2)13-25-19(26-17-5-3-4-6-17)24-12-11-15-7-9-16(10-8-15)20(21,22)23/h7-10,17H,3-6,11-13H2,1-2H3,(H2,24,25,26). The molecule has 158 valence electrons. The number of hydrogen-bond acceptors (Lipinski definition) is 3. The summed E-state index contributed by atoms with van der Waals surface area (Å²) in [6, 6.07) is 5.69. The molecule has 0 spiro atoms. The Bertz CT molecular complexity index is 820. The zero-order valence-corrected chi connectivity index (χ0v) is 16.8. The summed E-state index contributed by atoms with van der Waals surface area (Å²) >= 11 is 0. The van der Waals surface area contributed by atoms with Crippen molar-refractivity contribution in [1.29, 1.82) is 0 Å². The SMILES string of the molecule is Cc1nnc(CN=C(NCCc2ccc(C(F)(F)F)cc2)NC2CCCC2)n1C. The quantitative estimate of drug-likeness (QED) is 0.568. The van der Waals surface area contributed by atoms with Gasteiger partial charge in [0.2, 0.25) is 0 Å². The molecule has 0 aliphatic heterocycles. The number of benzene rings is 1. The van der Waals surface area contributed by atoms with Crippen LogP contribution in [0.4, 0.5) is 13.2 Å². The minimum atomic E-state index is -4.31. The zero-order valence-electron chi connectivity index (χ0n) is 16.8. The average molecular weight is 408 g/mol. The summed E-state index contributed by atoms with van der Waals surface area (Å²) in [5, 5.41) is 14.9. The van der Waals surface area contributed by atoms with E-state index in [1.807, 2.05) is 18.5 Å². The Morgan fingerprint density at radius 3 is 2.45 bits per heavy atom. The van der Waals surface area contributed by atoms with Gasteiger partial charge in [-0.3, -0.25) is 0 Å². The van der Waals surface area contributed by atoms with Crippen LogP contribution in [0.15, 0.2) is 29.3 Å². The Morgan fingerprint density at radius 2 is 1.86 bits per heavy atom. The molecular weight excluding hydrogens is 381 g/mol. The van der Waals surface area contributed by atoms with Crippen molar-refractivity contribution in [1.82, 2.24) is 25.4 Å². The Kier molecular flexibility index (Phi) is 6.76. The third-order valence-electron chi connectivity index (χ3n) is 5.24. The summed E-state index contributed by atoms with van der Waals surface area (Å²) in [4.78, 5) is 4.63. The van der Waals surface area contributed by atoms with Gasteiger partial charge < -0.3 is 15.2 Å². The molecule has 0 amide bonds. The Balaban J connectivity index is 1.58. The third kappa shape index (κ3) is 5.95. The van der Waals surface area contributed by atoms with Crippen LogP contribution in [-0.4, -0.2) is 33.3 Å². The van der Waals surface area contributed by atoms with Gasteiger partial charge in [0, 0.05) is 19.6 Å². The fourth-order valence-electron chi connectivity index (χ4n) is 3.34. The first-order chi connectivity index (χ1) is 13.8. The molecule has 0 bridgehead atoms. The molecule has 2 aromatic rings. The van der Waals surface area contributed by atoms with Crippen molar-refractivity contribution in [3.05, 3.63) is 47.0 Å². The van der Waals surface area contributed by atoms with Crippen molar-refractivity contribution in [2.45, 2.75) is 57.8 Å². The van der Waals surface area contributed by atoms with Crippen LogP contribution in [0.1, 0.15) is 48.5 Å². The van der Waals surface area contributed by atoms with E-state index in [0.29, 0.717) is 31.5 Å². The molecule has 9 heteroatoms. The predicted molar refractivity (Wildman–Crippen MR) is 105 cm³/mol. The molecule has 1 aliphatic rings. The normalized spacial score (nSPS) is 15.7. The molecule has 2 N–H and O–H groups in total. The van der Waals surface area contributed by atoms with Gasteiger partial charge in [-0.25, -0.2) is 4.99 Å². The monoisotopic (exact) mass is 408 g/mol. The predicted octanol–water partition coefficient (Wildman–Crippen LogP) is 3.36. The zero-order chi connectivity index (χ0) is 20.9. The molecule has 1 fully saturated rings. The summed E-state index contributed by atoms with van der Waals surface area (Å²) in [6.45, 7) is 2.86. The highest BCUT2D eigenvalue weighted by Gasteiger charge is 2.29. The van der Waals surface area contributed by atoms with Gasteiger partial charge in [0.25, 0.3) is 0 Å². The van der Waals surface area contributed by atoms with Gasteiger partial charge >= 0.3 is 6.18 Å². The van der Waals surface area contributed by atoms with Crippen LogP contribution in [0.3, 0.4) is 0 Å². The average Bonchev–Trinajstić information content (AvgIpc) is 3.30. The van der Waals surface area contributed by atoms with Gasteiger partial charge in [0.1, 0.15) is 12.4 Å². The maximum Gasteiger partial charge on any atom is 0.416 e. The number of hydrogen-bond donors (Lipinski definition) is 2. The lowest BCUT2D eigenvalue weighted by molar-refractivity contribution is -0.137. The minimum Gasteiger partial charge on any atom is -0.356 e. The maximum absolute atomic E-state index is 12.7. The lowest BCUT2D eigenvalue weighted by Gasteiger charge is -2.17. The van der Waals surface area contributed by atoms with Crippen molar-refractivity contribution in [3.63, 3.8) is 0 Å². The highest BCUT2D eigenvalue weighted by molar-refractivity contribution is 5.80. The van der Waals surface area contributed by atoms with Crippen LogP contribution in [0.25, 0.3) is 0 Å².